The lowest BCUT2D eigenvalue weighted by atomic mass is 10.00. The number of rotatable bonds is 5. The highest BCUT2D eigenvalue weighted by molar-refractivity contribution is 5.96. The Hall–Kier alpha value is -2.69. The smallest absolute Gasteiger partial charge is 0.339 e. The van der Waals surface area contributed by atoms with Crippen molar-refractivity contribution in [3.8, 4) is 28.4 Å². The molecule has 0 saturated heterocycles. The maximum Gasteiger partial charge on any atom is 0.339 e. The average Bonchev–Trinajstić information content (AvgIpc) is 2.53. The van der Waals surface area contributed by atoms with Crippen LogP contribution in [-0.2, 0) is 0 Å². The molecule has 5 heteroatoms. The van der Waals surface area contributed by atoms with E-state index >= 15 is 0 Å². The normalized spacial score (nSPS) is 10.0. The highest BCUT2D eigenvalue weighted by Crippen LogP contribution is 2.46. The molecule has 0 unspecified atom stereocenters. The second-order valence-corrected chi connectivity index (χ2v) is 4.24. The van der Waals surface area contributed by atoms with Crippen LogP contribution in [0.1, 0.15) is 10.4 Å². The van der Waals surface area contributed by atoms with E-state index < -0.39 is 5.97 Å². The first kappa shape index (κ1) is 14.7. The van der Waals surface area contributed by atoms with Crippen LogP contribution in [0, 0.1) is 0 Å². The minimum Gasteiger partial charge on any atom is -0.492 e. The van der Waals surface area contributed by atoms with Crippen molar-refractivity contribution < 1.29 is 24.1 Å². The van der Waals surface area contributed by atoms with Gasteiger partial charge in [0.05, 0.1) is 21.3 Å². The van der Waals surface area contributed by atoms with E-state index in [2.05, 4.69) is 0 Å². The first-order valence-corrected chi connectivity index (χ1v) is 6.25. The lowest BCUT2D eigenvalue weighted by Gasteiger charge is -2.18. The van der Waals surface area contributed by atoms with Gasteiger partial charge in [0.2, 0.25) is 5.75 Å². The van der Waals surface area contributed by atoms with E-state index in [1.165, 1.54) is 27.4 Å². The van der Waals surface area contributed by atoms with Gasteiger partial charge in [-0.15, -0.1) is 0 Å². The third-order valence-electron chi connectivity index (χ3n) is 3.12. The zero-order valence-corrected chi connectivity index (χ0v) is 12.0. The molecule has 5 nitrogen and oxygen atoms in total. The van der Waals surface area contributed by atoms with Crippen LogP contribution < -0.4 is 14.2 Å². The summed E-state index contributed by atoms with van der Waals surface area (Å²) in [6, 6.07) is 10.9. The number of ether oxygens (including phenoxy) is 3. The van der Waals surface area contributed by atoms with Crippen LogP contribution in [0.25, 0.3) is 11.1 Å². The van der Waals surface area contributed by atoms with E-state index in [-0.39, 0.29) is 17.1 Å². The van der Waals surface area contributed by atoms with Gasteiger partial charge in [-0.1, -0.05) is 30.3 Å². The molecule has 0 aromatic heterocycles. The fourth-order valence-electron chi connectivity index (χ4n) is 2.20. The van der Waals surface area contributed by atoms with Crippen LogP contribution in [0.5, 0.6) is 17.2 Å². The van der Waals surface area contributed by atoms with E-state index in [1.54, 1.807) is 0 Å². The molecule has 0 fully saturated rings. The van der Waals surface area contributed by atoms with Gasteiger partial charge in [-0.3, -0.25) is 0 Å². The van der Waals surface area contributed by atoms with Crippen molar-refractivity contribution in [1.29, 1.82) is 0 Å². The van der Waals surface area contributed by atoms with Gasteiger partial charge >= 0.3 is 5.97 Å². The maximum atomic E-state index is 11.5. The van der Waals surface area contributed by atoms with Crippen LogP contribution in [0.15, 0.2) is 36.4 Å². The summed E-state index contributed by atoms with van der Waals surface area (Å²) >= 11 is 0. The Morgan fingerprint density at radius 1 is 0.905 bits per heavy atom. The third kappa shape index (κ3) is 2.63. The molecule has 2 rings (SSSR count). The summed E-state index contributed by atoms with van der Waals surface area (Å²) in [5, 5.41) is 9.38. The summed E-state index contributed by atoms with van der Waals surface area (Å²) in [6.45, 7) is 0. The largest absolute Gasteiger partial charge is 0.492 e. The number of benzene rings is 2. The lowest BCUT2D eigenvalue weighted by Crippen LogP contribution is -2.05. The second-order valence-electron chi connectivity index (χ2n) is 4.24. The fourth-order valence-corrected chi connectivity index (χ4v) is 2.20. The van der Waals surface area contributed by atoms with E-state index in [1.807, 2.05) is 30.3 Å². The molecular weight excluding hydrogens is 272 g/mol. The SMILES string of the molecule is COc1c(C(=O)O)cc(-c2ccccc2)c(OC)c1OC. The number of carbonyl (C=O) groups is 1. The predicted octanol–water partition coefficient (Wildman–Crippen LogP) is 3.08. The van der Waals surface area contributed by atoms with Gasteiger partial charge in [0.15, 0.2) is 11.5 Å². The second kappa shape index (κ2) is 6.17. The summed E-state index contributed by atoms with van der Waals surface area (Å²) in [7, 11) is 4.34. The van der Waals surface area contributed by atoms with E-state index in [0.29, 0.717) is 11.3 Å². The van der Waals surface area contributed by atoms with Crippen molar-refractivity contribution in [2.75, 3.05) is 21.3 Å². The van der Waals surface area contributed by atoms with Gasteiger partial charge in [0.25, 0.3) is 0 Å². The molecule has 2 aromatic rings. The maximum absolute atomic E-state index is 11.5. The molecule has 0 heterocycles. The van der Waals surface area contributed by atoms with Crippen molar-refractivity contribution >= 4 is 5.97 Å². The minimum atomic E-state index is -1.09. The number of hydrogen-bond donors (Lipinski definition) is 1. The van der Waals surface area contributed by atoms with Crippen LogP contribution in [0.3, 0.4) is 0 Å². The number of carboxylic acid groups (broad SMARTS) is 1. The van der Waals surface area contributed by atoms with Gasteiger partial charge in [0.1, 0.15) is 5.56 Å². The molecule has 0 saturated carbocycles. The summed E-state index contributed by atoms with van der Waals surface area (Å²) in [5.41, 5.74) is 1.49. The quantitative estimate of drug-likeness (QED) is 0.916. The number of methoxy groups -OCH3 is 3. The number of carboxylic acids is 1. The van der Waals surface area contributed by atoms with Crippen molar-refractivity contribution in [2.45, 2.75) is 0 Å². The Labute approximate surface area is 122 Å². The molecule has 1 N–H and O–H groups in total. The summed E-state index contributed by atoms with van der Waals surface area (Å²) in [6.07, 6.45) is 0. The molecule has 0 amide bonds. The standard InChI is InChI=1S/C16H16O5/c1-19-13-11(10-7-5-4-6-8-10)9-12(16(17)18)14(20-2)15(13)21-3/h4-9H,1-3H3,(H,17,18). The first-order chi connectivity index (χ1) is 10.1. The molecular formula is C16H16O5. The zero-order chi connectivity index (χ0) is 15.4. The third-order valence-corrected chi connectivity index (χ3v) is 3.12. The summed E-state index contributed by atoms with van der Waals surface area (Å²) < 4.78 is 15.9. The number of hydrogen-bond acceptors (Lipinski definition) is 4. The van der Waals surface area contributed by atoms with E-state index in [4.69, 9.17) is 14.2 Å². The van der Waals surface area contributed by atoms with E-state index in [0.717, 1.165) is 5.56 Å². The Bertz CT molecular complexity index is 649. The molecule has 0 aliphatic heterocycles. The van der Waals surface area contributed by atoms with Crippen molar-refractivity contribution in [3.05, 3.63) is 42.0 Å². The van der Waals surface area contributed by atoms with Crippen LogP contribution in [0.2, 0.25) is 0 Å². The van der Waals surface area contributed by atoms with Gasteiger partial charge in [-0.2, -0.15) is 0 Å². The monoisotopic (exact) mass is 288 g/mol. The van der Waals surface area contributed by atoms with Crippen molar-refractivity contribution in [1.82, 2.24) is 0 Å². The lowest BCUT2D eigenvalue weighted by molar-refractivity contribution is 0.0692. The van der Waals surface area contributed by atoms with Gasteiger partial charge in [-0.05, 0) is 11.6 Å². The van der Waals surface area contributed by atoms with Gasteiger partial charge in [-0.25, -0.2) is 4.79 Å². The summed E-state index contributed by atoms with van der Waals surface area (Å²) in [5.74, 6) is -0.254. The van der Waals surface area contributed by atoms with E-state index in [9.17, 15) is 9.90 Å². The Morgan fingerprint density at radius 3 is 1.95 bits per heavy atom. The molecule has 0 spiro atoms. The van der Waals surface area contributed by atoms with Gasteiger partial charge in [0, 0.05) is 5.56 Å². The molecule has 110 valence electrons. The van der Waals surface area contributed by atoms with Gasteiger partial charge < -0.3 is 19.3 Å². The topological polar surface area (TPSA) is 65.0 Å². The molecule has 0 radical (unpaired) electrons. The highest BCUT2D eigenvalue weighted by Gasteiger charge is 2.24. The van der Waals surface area contributed by atoms with Crippen LogP contribution in [0.4, 0.5) is 0 Å². The number of aromatic carboxylic acids is 1. The molecule has 2 aromatic carbocycles. The minimum absolute atomic E-state index is 0.0222. The molecule has 0 atom stereocenters. The Balaban J connectivity index is 2.81. The fraction of sp³-hybridized carbons (Fsp3) is 0.188. The molecule has 0 bridgehead atoms. The average molecular weight is 288 g/mol. The summed E-state index contributed by atoms with van der Waals surface area (Å²) in [4.78, 5) is 11.5. The van der Waals surface area contributed by atoms with Crippen LogP contribution in [-0.4, -0.2) is 32.4 Å². The van der Waals surface area contributed by atoms with Crippen molar-refractivity contribution in [3.63, 3.8) is 0 Å². The molecule has 0 aliphatic carbocycles. The zero-order valence-electron chi connectivity index (χ0n) is 12.0. The van der Waals surface area contributed by atoms with Crippen LogP contribution >= 0.6 is 0 Å². The Morgan fingerprint density at radius 2 is 1.48 bits per heavy atom. The molecule has 0 aliphatic rings. The predicted molar refractivity (Wildman–Crippen MR) is 78.5 cm³/mol. The highest BCUT2D eigenvalue weighted by atomic mass is 16.5. The molecule has 21 heavy (non-hydrogen) atoms. The van der Waals surface area contributed by atoms with Crippen molar-refractivity contribution in [2.24, 2.45) is 0 Å². The first-order valence-electron chi connectivity index (χ1n) is 6.25. The Kier molecular flexibility index (Phi) is 4.33.